The van der Waals surface area contributed by atoms with Gasteiger partial charge in [-0.3, -0.25) is 4.98 Å². The van der Waals surface area contributed by atoms with Crippen LogP contribution >= 0.6 is 34.5 Å². The molecule has 2 fully saturated rings. The molecule has 3 N–H and O–H groups in total. The molecule has 2 aliphatic rings. The van der Waals surface area contributed by atoms with Gasteiger partial charge in [0, 0.05) is 11.8 Å². The molecule has 2 bridgehead atoms. The number of nitrogens with zero attached hydrogens (tertiary/aromatic N) is 3. The van der Waals surface area contributed by atoms with Gasteiger partial charge in [-0.2, -0.15) is 0 Å². The molecule has 0 radical (unpaired) electrons. The van der Waals surface area contributed by atoms with Crippen molar-refractivity contribution in [2.45, 2.75) is 57.3 Å². The fourth-order valence-electron chi connectivity index (χ4n) is 4.06. The second-order valence-electron chi connectivity index (χ2n) is 8.61. The summed E-state index contributed by atoms with van der Waals surface area (Å²) in [5.41, 5.74) is 1.61. The van der Waals surface area contributed by atoms with Crippen molar-refractivity contribution in [1.29, 1.82) is 0 Å². The fourth-order valence-corrected chi connectivity index (χ4v) is 6.00. The minimum atomic E-state index is -1.12. The summed E-state index contributed by atoms with van der Waals surface area (Å²) in [6.45, 7) is 5.74. The van der Waals surface area contributed by atoms with Gasteiger partial charge < -0.3 is 25.0 Å². The summed E-state index contributed by atoms with van der Waals surface area (Å²) in [5.74, 6) is 0.350. The zero-order chi connectivity index (χ0) is 22.8. The maximum Gasteiger partial charge on any atom is 0.223 e. The van der Waals surface area contributed by atoms with Crippen molar-refractivity contribution in [2.24, 2.45) is 0 Å². The highest BCUT2D eigenvalue weighted by Crippen LogP contribution is 2.44. The molecular formula is C21H22Cl2N4O4S. The molecule has 11 heteroatoms. The second-order valence-corrected chi connectivity index (χ2v) is 10.4. The molecule has 2 aliphatic heterocycles. The summed E-state index contributed by atoms with van der Waals surface area (Å²) >= 11 is 14.5. The van der Waals surface area contributed by atoms with Gasteiger partial charge in [-0.05, 0) is 32.8 Å². The molecule has 4 atom stereocenters. The van der Waals surface area contributed by atoms with Gasteiger partial charge in [-0.1, -0.05) is 23.2 Å². The molecule has 0 unspecified atom stereocenters. The molecule has 5 rings (SSSR count). The van der Waals surface area contributed by atoms with E-state index in [9.17, 15) is 10.2 Å². The van der Waals surface area contributed by atoms with E-state index in [1.807, 2.05) is 6.92 Å². The standard InChI is InChI=1S/C21H22Cl2N4O4S/c1-8-14-18(13(23)10(5-24-14)21(2,3)29)32-17(8)15-11(22)6-25-20(27-15)26-12-4-9-7-30-19(31-9)16(12)28/h5-6,9,12,16,19,28-29H,4,7H2,1-3H3,(H,25,26,27)/t9-,12+,16-,19+/m0/s1. The number of aliphatic hydroxyl groups is 2. The number of aryl methyl sites for hydroxylation is 1. The Morgan fingerprint density at radius 1 is 1.25 bits per heavy atom. The van der Waals surface area contributed by atoms with Crippen LogP contribution in [0, 0.1) is 6.92 Å². The fraction of sp³-hybridized carbons (Fsp3) is 0.476. The Labute approximate surface area is 198 Å². The first-order valence-electron chi connectivity index (χ1n) is 10.2. The third-order valence-electron chi connectivity index (χ3n) is 5.79. The highest BCUT2D eigenvalue weighted by atomic mass is 35.5. The number of thiophene rings is 1. The van der Waals surface area contributed by atoms with Crippen LogP contribution in [0.2, 0.25) is 10.0 Å². The Hall–Kier alpha value is -1.59. The molecule has 3 aromatic heterocycles. The Bertz CT molecular complexity index is 1200. The number of fused-ring (bicyclic) bond motifs is 3. The number of aliphatic hydroxyl groups excluding tert-OH is 1. The monoisotopic (exact) mass is 496 g/mol. The molecule has 2 saturated heterocycles. The SMILES string of the molecule is Cc1c(-c2nc(N[C@@H]3C[C@H]4CO[C@H](O4)[C@H]3O)ncc2Cl)sc2c(Cl)c(C(C)(C)O)cnc12. The summed E-state index contributed by atoms with van der Waals surface area (Å²) in [6.07, 6.45) is 2.19. The van der Waals surface area contributed by atoms with E-state index >= 15 is 0 Å². The van der Waals surface area contributed by atoms with E-state index in [4.69, 9.17) is 32.7 Å². The quantitative estimate of drug-likeness (QED) is 0.498. The largest absolute Gasteiger partial charge is 0.386 e. The van der Waals surface area contributed by atoms with Gasteiger partial charge in [-0.15, -0.1) is 11.3 Å². The van der Waals surface area contributed by atoms with Crippen LogP contribution < -0.4 is 5.32 Å². The topological polar surface area (TPSA) is 110 Å². The number of halogens is 2. The lowest BCUT2D eigenvalue weighted by molar-refractivity contribution is -0.156. The van der Waals surface area contributed by atoms with Gasteiger partial charge in [0.1, 0.15) is 11.8 Å². The molecule has 0 amide bonds. The summed E-state index contributed by atoms with van der Waals surface area (Å²) in [6, 6.07) is -0.302. The van der Waals surface area contributed by atoms with Crippen LogP contribution in [0.3, 0.4) is 0 Å². The zero-order valence-electron chi connectivity index (χ0n) is 17.6. The smallest absolute Gasteiger partial charge is 0.223 e. The highest BCUT2D eigenvalue weighted by Gasteiger charge is 2.43. The first-order chi connectivity index (χ1) is 15.1. The van der Waals surface area contributed by atoms with E-state index in [2.05, 4.69) is 20.3 Å². The molecule has 170 valence electrons. The van der Waals surface area contributed by atoms with Crippen LogP contribution in [0.1, 0.15) is 31.4 Å². The van der Waals surface area contributed by atoms with E-state index in [-0.39, 0.29) is 12.1 Å². The van der Waals surface area contributed by atoms with Crippen molar-refractivity contribution in [1.82, 2.24) is 15.0 Å². The number of anilines is 1. The number of pyridine rings is 1. The van der Waals surface area contributed by atoms with Crippen LogP contribution in [0.25, 0.3) is 20.8 Å². The Kier molecular flexibility index (Phi) is 5.57. The molecule has 32 heavy (non-hydrogen) atoms. The van der Waals surface area contributed by atoms with Crippen molar-refractivity contribution >= 4 is 50.7 Å². The third kappa shape index (κ3) is 3.75. The van der Waals surface area contributed by atoms with Crippen LogP contribution in [0.5, 0.6) is 0 Å². The average molecular weight is 497 g/mol. The minimum Gasteiger partial charge on any atom is -0.386 e. The molecule has 0 spiro atoms. The minimum absolute atomic E-state index is 0.0595. The molecular weight excluding hydrogens is 475 g/mol. The van der Waals surface area contributed by atoms with E-state index < -0.39 is 18.0 Å². The number of ether oxygens (including phenoxy) is 2. The van der Waals surface area contributed by atoms with Crippen LogP contribution in [0.15, 0.2) is 12.4 Å². The number of hydrogen-bond donors (Lipinski definition) is 3. The van der Waals surface area contributed by atoms with Crippen LogP contribution in [-0.2, 0) is 15.1 Å². The van der Waals surface area contributed by atoms with E-state index in [0.717, 1.165) is 20.7 Å². The second kappa shape index (κ2) is 8.02. The van der Waals surface area contributed by atoms with Crippen molar-refractivity contribution < 1.29 is 19.7 Å². The van der Waals surface area contributed by atoms with Gasteiger partial charge >= 0.3 is 0 Å². The van der Waals surface area contributed by atoms with Crippen molar-refractivity contribution in [3.05, 3.63) is 33.6 Å². The third-order valence-corrected chi connectivity index (χ3v) is 7.87. The maximum absolute atomic E-state index is 10.5. The number of aromatic nitrogens is 3. The lowest BCUT2D eigenvalue weighted by Crippen LogP contribution is -2.48. The van der Waals surface area contributed by atoms with Crippen molar-refractivity contribution in [3.8, 4) is 10.6 Å². The molecule has 5 heterocycles. The number of nitrogens with one attached hydrogen (secondary N) is 1. The van der Waals surface area contributed by atoms with Gasteiger partial charge in [-0.25, -0.2) is 9.97 Å². The molecule has 3 aromatic rings. The van der Waals surface area contributed by atoms with E-state index in [0.29, 0.717) is 40.3 Å². The average Bonchev–Trinajstić information content (AvgIpc) is 3.29. The van der Waals surface area contributed by atoms with E-state index in [1.54, 1.807) is 20.0 Å². The summed E-state index contributed by atoms with van der Waals surface area (Å²) in [4.78, 5) is 14.3. The van der Waals surface area contributed by atoms with Gasteiger partial charge in [0.15, 0.2) is 6.29 Å². The predicted molar refractivity (Wildman–Crippen MR) is 123 cm³/mol. The lowest BCUT2D eigenvalue weighted by Gasteiger charge is -2.32. The summed E-state index contributed by atoms with van der Waals surface area (Å²) < 4.78 is 11.8. The lowest BCUT2D eigenvalue weighted by atomic mass is 10.00. The number of hydrogen-bond acceptors (Lipinski definition) is 9. The number of rotatable bonds is 4. The highest BCUT2D eigenvalue weighted by molar-refractivity contribution is 7.23. The predicted octanol–water partition coefficient (Wildman–Crippen LogP) is 3.88. The molecule has 0 aliphatic carbocycles. The Balaban J connectivity index is 1.52. The van der Waals surface area contributed by atoms with Crippen LogP contribution in [0.4, 0.5) is 5.95 Å². The van der Waals surface area contributed by atoms with Gasteiger partial charge in [0.2, 0.25) is 5.95 Å². The Morgan fingerprint density at radius 3 is 2.78 bits per heavy atom. The summed E-state index contributed by atoms with van der Waals surface area (Å²) in [7, 11) is 0. The molecule has 0 aromatic carbocycles. The van der Waals surface area contributed by atoms with Gasteiger partial charge in [0.25, 0.3) is 0 Å². The first-order valence-corrected chi connectivity index (χ1v) is 11.8. The summed E-state index contributed by atoms with van der Waals surface area (Å²) in [5, 5.41) is 25.0. The van der Waals surface area contributed by atoms with Crippen molar-refractivity contribution in [3.63, 3.8) is 0 Å². The first kappa shape index (κ1) is 22.2. The molecule has 8 nitrogen and oxygen atoms in total. The molecule has 0 saturated carbocycles. The maximum atomic E-state index is 10.5. The Morgan fingerprint density at radius 2 is 2.03 bits per heavy atom. The van der Waals surface area contributed by atoms with Gasteiger partial charge in [0.05, 0.1) is 55.7 Å². The normalized spacial score (nSPS) is 25.5. The zero-order valence-corrected chi connectivity index (χ0v) is 19.9. The van der Waals surface area contributed by atoms with E-state index in [1.165, 1.54) is 17.5 Å². The van der Waals surface area contributed by atoms with Crippen LogP contribution in [-0.4, -0.2) is 56.3 Å². The van der Waals surface area contributed by atoms with Crippen molar-refractivity contribution in [2.75, 3.05) is 11.9 Å².